The zero-order valence-electron chi connectivity index (χ0n) is 13.0. The van der Waals surface area contributed by atoms with Gasteiger partial charge in [-0.2, -0.15) is 5.10 Å². The number of aryl methyl sites for hydroxylation is 1. The van der Waals surface area contributed by atoms with Gasteiger partial charge < -0.3 is 10.5 Å². The van der Waals surface area contributed by atoms with Gasteiger partial charge in [-0.05, 0) is 35.4 Å². The fourth-order valence-corrected chi connectivity index (χ4v) is 3.23. The Morgan fingerprint density at radius 3 is 2.78 bits per heavy atom. The molecule has 1 atom stereocenters. The average molecular weight is 302 g/mol. The molecular formula is C20H18N2O. The summed E-state index contributed by atoms with van der Waals surface area (Å²) in [6.07, 6.45) is 0.769. The van der Waals surface area contributed by atoms with E-state index in [4.69, 9.17) is 0 Å². The molecule has 3 heteroatoms. The number of fused-ring (bicyclic) bond motifs is 1. The van der Waals surface area contributed by atoms with Crippen molar-refractivity contribution in [2.24, 2.45) is 5.10 Å². The predicted octanol–water partition coefficient (Wildman–Crippen LogP) is 4.29. The monoisotopic (exact) mass is 302 g/mol. The molecule has 1 aliphatic rings. The maximum Gasteiger partial charge on any atom is 0.124 e. The number of aromatic hydroxyl groups is 1. The molecule has 3 nitrogen and oxygen atoms in total. The first-order chi connectivity index (χ1) is 11.2. The van der Waals surface area contributed by atoms with Gasteiger partial charge in [0.1, 0.15) is 5.75 Å². The normalized spacial score (nSPS) is 17.1. The van der Waals surface area contributed by atoms with Gasteiger partial charge in [0.05, 0.1) is 11.8 Å². The molecule has 0 amide bonds. The molecule has 3 aromatic carbocycles. The van der Waals surface area contributed by atoms with Gasteiger partial charge in [0.15, 0.2) is 0 Å². The third kappa shape index (κ3) is 2.44. The highest BCUT2D eigenvalue weighted by Crippen LogP contribution is 2.32. The Balaban J connectivity index is 1.68. The third-order valence-electron chi connectivity index (χ3n) is 4.41. The zero-order chi connectivity index (χ0) is 15.8. The van der Waals surface area contributed by atoms with Crippen LogP contribution >= 0.6 is 0 Å². The Labute approximate surface area is 135 Å². The molecule has 0 unspecified atom stereocenters. The van der Waals surface area contributed by atoms with Crippen LogP contribution in [0.1, 0.15) is 29.2 Å². The van der Waals surface area contributed by atoms with E-state index in [0.29, 0.717) is 0 Å². The lowest BCUT2D eigenvalue weighted by Crippen LogP contribution is -2.10. The van der Waals surface area contributed by atoms with Gasteiger partial charge in [0.2, 0.25) is 0 Å². The van der Waals surface area contributed by atoms with Crippen molar-refractivity contribution in [1.82, 2.24) is 5.43 Å². The van der Waals surface area contributed by atoms with Crippen LogP contribution in [0.3, 0.4) is 0 Å². The standard InChI is InChI=1S/C20H18N2O/c1-13-9-10-20(23)17(11-13)19-12-18(21-22-19)16-8-4-6-14-5-2-3-7-15(14)16/h2-11,18,21,23H,12H2,1H3/t18-/m0/s1. The van der Waals surface area contributed by atoms with E-state index in [9.17, 15) is 5.11 Å². The van der Waals surface area contributed by atoms with E-state index in [1.807, 2.05) is 19.1 Å². The fraction of sp³-hybridized carbons (Fsp3) is 0.150. The topological polar surface area (TPSA) is 44.6 Å². The van der Waals surface area contributed by atoms with Gasteiger partial charge in [-0.25, -0.2) is 0 Å². The summed E-state index contributed by atoms with van der Waals surface area (Å²) in [5, 5.41) is 17.1. The maximum absolute atomic E-state index is 10.1. The van der Waals surface area contributed by atoms with Crippen LogP contribution in [0.15, 0.2) is 65.8 Å². The van der Waals surface area contributed by atoms with Crippen molar-refractivity contribution >= 4 is 16.5 Å². The molecule has 0 saturated carbocycles. The molecule has 23 heavy (non-hydrogen) atoms. The van der Waals surface area contributed by atoms with Gasteiger partial charge in [0.25, 0.3) is 0 Å². The largest absolute Gasteiger partial charge is 0.507 e. The van der Waals surface area contributed by atoms with Gasteiger partial charge in [-0.1, -0.05) is 54.1 Å². The minimum Gasteiger partial charge on any atom is -0.507 e. The minimum atomic E-state index is 0.135. The van der Waals surface area contributed by atoms with Crippen LogP contribution < -0.4 is 5.43 Å². The lowest BCUT2D eigenvalue weighted by Gasteiger charge is -2.13. The molecule has 1 heterocycles. The van der Waals surface area contributed by atoms with E-state index >= 15 is 0 Å². The van der Waals surface area contributed by atoms with E-state index in [1.54, 1.807) is 6.07 Å². The van der Waals surface area contributed by atoms with Crippen LogP contribution in [-0.4, -0.2) is 10.8 Å². The SMILES string of the molecule is Cc1ccc(O)c(C2=NN[C@H](c3cccc4ccccc34)C2)c1. The first kappa shape index (κ1) is 13.8. The van der Waals surface area contributed by atoms with E-state index < -0.39 is 0 Å². The predicted molar refractivity (Wildman–Crippen MR) is 93.8 cm³/mol. The Kier molecular flexibility index (Phi) is 3.27. The number of benzene rings is 3. The first-order valence-corrected chi connectivity index (χ1v) is 7.82. The number of rotatable bonds is 2. The zero-order valence-corrected chi connectivity index (χ0v) is 13.0. The van der Waals surface area contributed by atoms with Crippen molar-refractivity contribution in [3.05, 3.63) is 77.4 Å². The highest BCUT2D eigenvalue weighted by Gasteiger charge is 2.24. The summed E-state index contributed by atoms with van der Waals surface area (Å²) >= 11 is 0. The molecule has 0 bridgehead atoms. The van der Waals surface area contributed by atoms with Gasteiger partial charge in [-0.15, -0.1) is 0 Å². The summed E-state index contributed by atoms with van der Waals surface area (Å²) in [6, 6.07) is 20.5. The highest BCUT2D eigenvalue weighted by molar-refractivity contribution is 6.04. The van der Waals surface area contributed by atoms with E-state index in [0.717, 1.165) is 23.3 Å². The smallest absolute Gasteiger partial charge is 0.124 e. The second kappa shape index (κ2) is 5.43. The summed E-state index contributed by atoms with van der Waals surface area (Å²) in [5.41, 5.74) is 7.33. The number of phenolic OH excluding ortho intramolecular Hbond substituents is 1. The van der Waals surface area contributed by atoms with Crippen molar-refractivity contribution < 1.29 is 5.11 Å². The lowest BCUT2D eigenvalue weighted by atomic mass is 9.94. The molecule has 3 aromatic rings. The molecule has 0 aliphatic carbocycles. The van der Waals surface area contributed by atoms with Crippen LogP contribution in [0.4, 0.5) is 0 Å². The van der Waals surface area contributed by atoms with Crippen molar-refractivity contribution in [2.75, 3.05) is 0 Å². The molecule has 0 spiro atoms. The number of nitrogens with one attached hydrogen (secondary N) is 1. The van der Waals surface area contributed by atoms with Crippen LogP contribution in [-0.2, 0) is 0 Å². The Hall–Kier alpha value is -2.81. The van der Waals surface area contributed by atoms with Crippen LogP contribution in [0, 0.1) is 6.92 Å². The Bertz CT molecular complexity index is 909. The molecular weight excluding hydrogens is 284 g/mol. The van der Waals surface area contributed by atoms with Gasteiger partial charge in [0, 0.05) is 12.0 Å². The molecule has 0 fully saturated rings. The molecule has 2 N–H and O–H groups in total. The summed E-state index contributed by atoms with van der Waals surface area (Å²) in [6.45, 7) is 2.02. The molecule has 0 aromatic heterocycles. The van der Waals surface area contributed by atoms with Crippen molar-refractivity contribution in [3.8, 4) is 5.75 Å². The second-order valence-corrected chi connectivity index (χ2v) is 6.03. The van der Waals surface area contributed by atoms with Crippen molar-refractivity contribution in [2.45, 2.75) is 19.4 Å². The quantitative estimate of drug-likeness (QED) is 0.741. The number of hydrogen-bond donors (Lipinski definition) is 2. The minimum absolute atomic E-state index is 0.135. The van der Waals surface area contributed by atoms with Crippen molar-refractivity contribution in [1.29, 1.82) is 0 Å². The van der Waals surface area contributed by atoms with Crippen LogP contribution in [0.25, 0.3) is 10.8 Å². The Morgan fingerprint density at radius 1 is 1.04 bits per heavy atom. The maximum atomic E-state index is 10.1. The molecule has 4 rings (SSSR count). The van der Waals surface area contributed by atoms with Gasteiger partial charge >= 0.3 is 0 Å². The fourth-order valence-electron chi connectivity index (χ4n) is 3.23. The summed E-state index contributed by atoms with van der Waals surface area (Å²) in [4.78, 5) is 0. The molecule has 0 saturated heterocycles. The van der Waals surface area contributed by atoms with Crippen LogP contribution in [0.2, 0.25) is 0 Å². The average Bonchev–Trinajstić information content (AvgIpc) is 3.06. The lowest BCUT2D eigenvalue weighted by molar-refractivity contribution is 0.474. The molecule has 0 radical (unpaired) electrons. The number of hydrogen-bond acceptors (Lipinski definition) is 3. The van der Waals surface area contributed by atoms with Crippen LogP contribution in [0.5, 0.6) is 5.75 Å². The second-order valence-electron chi connectivity index (χ2n) is 6.03. The number of hydrazone groups is 1. The summed E-state index contributed by atoms with van der Waals surface area (Å²) in [5.74, 6) is 0.287. The van der Waals surface area contributed by atoms with E-state index in [-0.39, 0.29) is 11.8 Å². The highest BCUT2D eigenvalue weighted by atomic mass is 16.3. The van der Waals surface area contributed by atoms with E-state index in [2.05, 4.69) is 53.0 Å². The molecule has 1 aliphatic heterocycles. The Morgan fingerprint density at radius 2 is 1.87 bits per heavy atom. The number of nitrogens with zero attached hydrogens (tertiary/aromatic N) is 1. The third-order valence-corrected chi connectivity index (χ3v) is 4.41. The van der Waals surface area contributed by atoms with Gasteiger partial charge in [-0.3, -0.25) is 0 Å². The molecule has 114 valence electrons. The first-order valence-electron chi connectivity index (χ1n) is 7.82. The van der Waals surface area contributed by atoms with Crippen molar-refractivity contribution in [3.63, 3.8) is 0 Å². The number of phenols is 1. The summed E-state index contributed by atoms with van der Waals surface area (Å²) in [7, 11) is 0. The summed E-state index contributed by atoms with van der Waals surface area (Å²) < 4.78 is 0. The van der Waals surface area contributed by atoms with E-state index in [1.165, 1.54) is 16.3 Å².